The van der Waals surface area contributed by atoms with Crippen LogP contribution >= 0.6 is 11.8 Å². The summed E-state index contributed by atoms with van der Waals surface area (Å²) in [5.41, 5.74) is 1.05. The van der Waals surface area contributed by atoms with Crippen molar-refractivity contribution >= 4 is 23.4 Å². The maximum atomic E-state index is 11.6. The lowest BCUT2D eigenvalue weighted by atomic mass is 10.1. The maximum Gasteiger partial charge on any atom is 0.338 e. The predicted molar refractivity (Wildman–Crippen MR) is 81.1 cm³/mol. The van der Waals surface area contributed by atoms with Crippen molar-refractivity contribution < 1.29 is 19.4 Å². The minimum atomic E-state index is -0.912. The summed E-state index contributed by atoms with van der Waals surface area (Å²) in [7, 11) is 3.26. The lowest BCUT2D eigenvalue weighted by Crippen LogP contribution is -2.32. The molecule has 20 heavy (non-hydrogen) atoms. The van der Waals surface area contributed by atoms with Crippen LogP contribution in [0.1, 0.15) is 10.4 Å². The number of benzene rings is 1. The van der Waals surface area contributed by atoms with Gasteiger partial charge >= 0.3 is 5.97 Å². The number of aromatic carboxylic acids is 1. The second-order valence-electron chi connectivity index (χ2n) is 4.13. The molecule has 0 aromatic heterocycles. The van der Waals surface area contributed by atoms with E-state index in [9.17, 15) is 9.90 Å². The Morgan fingerprint density at radius 2 is 1.85 bits per heavy atom. The van der Waals surface area contributed by atoms with E-state index in [1.807, 2.05) is 29.4 Å². The standard InChI is InChI=1S/C14H21NO4S/c1-18-9-7-15(8-10-19-2)11-5-4-6-12(20-3)13(11)14(16)17/h4-6H,7-10H2,1-3H3,(H,16,17). The quantitative estimate of drug-likeness (QED) is 0.706. The van der Waals surface area contributed by atoms with Gasteiger partial charge in [0.15, 0.2) is 0 Å². The molecule has 0 aliphatic rings. The Kier molecular flexibility index (Phi) is 7.43. The molecule has 1 aromatic carbocycles. The van der Waals surface area contributed by atoms with Gasteiger partial charge in [-0.05, 0) is 18.4 Å². The molecule has 1 N–H and O–H groups in total. The molecule has 0 saturated carbocycles. The first-order chi connectivity index (χ1) is 9.65. The zero-order chi connectivity index (χ0) is 15.0. The zero-order valence-corrected chi connectivity index (χ0v) is 12.9. The molecular formula is C14H21NO4S. The monoisotopic (exact) mass is 299 g/mol. The highest BCUT2D eigenvalue weighted by molar-refractivity contribution is 7.98. The summed E-state index contributed by atoms with van der Waals surface area (Å²) in [5.74, 6) is -0.912. The van der Waals surface area contributed by atoms with Crippen molar-refractivity contribution in [2.45, 2.75) is 4.90 Å². The molecule has 5 nitrogen and oxygen atoms in total. The fraction of sp³-hybridized carbons (Fsp3) is 0.500. The van der Waals surface area contributed by atoms with Crippen LogP contribution < -0.4 is 4.90 Å². The second-order valence-corrected chi connectivity index (χ2v) is 4.98. The summed E-state index contributed by atoms with van der Waals surface area (Å²) in [6.07, 6.45) is 1.88. The van der Waals surface area contributed by atoms with Gasteiger partial charge in [-0.1, -0.05) is 6.07 Å². The van der Waals surface area contributed by atoms with E-state index in [0.29, 0.717) is 37.6 Å². The van der Waals surface area contributed by atoms with Crippen molar-refractivity contribution in [3.8, 4) is 0 Å². The number of thioether (sulfide) groups is 1. The number of anilines is 1. The Balaban J connectivity index is 3.13. The van der Waals surface area contributed by atoms with Crippen molar-refractivity contribution in [3.63, 3.8) is 0 Å². The minimum Gasteiger partial charge on any atom is -0.478 e. The molecule has 0 radical (unpaired) electrons. The second kappa shape index (κ2) is 8.84. The first-order valence-corrected chi connectivity index (χ1v) is 7.51. The summed E-state index contributed by atoms with van der Waals surface area (Å²) in [6.45, 7) is 2.31. The van der Waals surface area contributed by atoms with Crippen LogP contribution in [0.2, 0.25) is 0 Å². The third kappa shape index (κ3) is 4.40. The Morgan fingerprint density at radius 1 is 1.25 bits per heavy atom. The molecule has 112 valence electrons. The van der Waals surface area contributed by atoms with E-state index in [1.54, 1.807) is 14.2 Å². The first kappa shape index (κ1) is 16.8. The highest BCUT2D eigenvalue weighted by Crippen LogP contribution is 2.29. The average molecular weight is 299 g/mol. The van der Waals surface area contributed by atoms with Crippen molar-refractivity contribution in [2.24, 2.45) is 0 Å². The van der Waals surface area contributed by atoms with Crippen LogP contribution in [0.3, 0.4) is 0 Å². The molecule has 0 unspecified atom stereocenters. The fourth-order valence-corrected chi connectivity index (χ4v) is 2.53. The Labute approximate surface area is 123 Å². The molecule has 0 spiro atoms. The van der Waals surface area contributed by atoms with Crippen molar-refractivity contribution in [3.05, 3.63) is 23.8 Å². The van der Waals surface area contributed by atoms with Crippen LogP contribution in [0.4, 0.5) is 5.69 Å². The van der Waals surface area contributed by atoms with Crippen LogP contribution in [-0.2, 0) is 9.47 Å². The number of hydrogen-bond donors (Lipinski definition) is 1. The highest BCUT2D eigenvalue weighted by Gasteiger charge is 2.19. The zero-order valence-electron chi connectivity index (χ0n) is 12.1. The largest absolute Gasteiger partial charge is 0.478 e. The van der Waals surface area contributed by atoms with Crippen molar-refractivity contribution in [2.75, 3.05) is 51.7 Å². The van der Waals surface area contributed by atoms with Gasteiger partial charge in [-0.2, -0.15) is 0 Å². The number of nitrogens with zero attached hydrogens (tertiary/aromatic N) is 1. The number of methoxy groups -OCH3 is 2. The molecule has 1 rings (SSSR count). The van der Waals surface area contributed by atoms with E-state index >= 15 is 0 Å². The van der Waals surface area contributed by atoms with Gasteiger partial charge in [0.05, 0.1) is 24.5 Å². The van der Waals surface area contributed by atoms with E-state index in [1.165, 1.54) is 11.8 Å². The molecule has 6 heteroatoms. The SMILES string of the molecule is COCCN(CCOC)c1cccc(SC)c1C(=O)O. The topological polar surface area (TPSA) is 59.0 Å². The summed E-state index contributed by atoms with van der Waals surface area (Å²) < 4.78 is 10.2. The minimum absolute atomic E-state index is 0.340. The fourth-order valence-electron chi connectivity index (χ4n) is 1.92. The molecule has 0 aliphatic heterocycles. The van der Waals surface area contributed by atoms with Gasteiger partial charge in [0.2, 0.25) is 0 Å². The van der Waals surface area contributed by atoms with Crippen molar-refractivity contribution in [1.29, 1.82) is 0 Å². The van der Waals surface area contributed by atoms with E-state index in [-0.39, 0.29) is 0 Å². The van der Waals surface area contributed by atoms with Gasteiger partial charge in [0.1, 0.15) is 0 Å². The molecule has 0 bridgehead atoms. The predicted octanol–water partition coefficient (Wildman–Crippen LogP) is 2.21. The van der Waals surface area contributed by atoms with Gasteiger partial charge in [-0.3, -0.25) is 0 Å². The lowest BCUT2D eigenvalue weighted by Gasteiger charge is -2.26. The van der Waals surface area contributed by atoms with Gasteiger partial charge in [-0.15, -0.1) is 11.8 Å². The number of carboxylic acid groups (broad SMARTS) is 1. The third-order valence-electron chi connectivity index (χ3n) is 2.91. The number of carboxylic acids is 1. The van der Waals surface area contributed by atoms with Crippen LogP contribution in [-0.4, -0.2) is 57.9 Å². The Morgan fingerprint density at radius 3 is 2.30 bits per heavy atom. The van der Waals surface area contributed by atoms with E-state index in [2.05, 4.69) is 0 Å². The molecule has 0 heterocycles. The summed E-state index contributed by atoms with van der Waals surface area (Å²) >= 11 is 1.43. The smallest absolute Gasteiger partial charge is 0.338 e. The van der Waals surface area contributed by atoms with Gasteiger partial charge in [0, 0.05) is 32.2 Å². The first-order valence-electron chi connectivity index (χ1n) is 6.28. The van der Waals surface area contributed by atoms with E-state index in [0.717, 1.165) is 4.90 Å². The van der Waals surface area contributed by atoms with Crippen LogP contribution in [0.15, 0.2) is 23.1 Å². The van der Waals surface area contributed by atoms with Gasteiger partial charge in [0.25, 0.3) is 0 Å². The number of ether oxygens (including phenoxy) is 2. The van der Waals surface area contributed by atoms with Crippen LogP contribution in [0.5, 0.6) is 0 Å². The molecule has 0 fully saturated rings. The summed E-state index contributed by atoms with van der Waals surface area (Å²) in [6, 6.07) is 5.52. The van der Waals surface area contributed by atoms with Gasteiger partial charge < -0.3 is 19.5 Å². The van der Waals surface area contributed by atoms with E-state index < -0.39 is 5.97 Å². The molecular weight excluding hydrogens is 278 g/mol. The number of rotatable bonds is 9. The Bertz CT molecular complexity index is 431. The number of hydrogen-bond acceptors (Lipinski definition) is 5. The number of carbonyl (C=O) groups is 1. The average Bonchev–Trinajstić information content (AvgIpc) is 2.46. The third-order valence-corrected chi connectivity index (χ3v) is 3.69. The lowest BCUT2D eigenvalue weighted by molar-refractivity contribution is 0.0693. The van der Waals surface area contributed by atoms with Crippen molar-refractivity contribution in [1.82, 2.24) is 0 Å². The highest BCUT2D eigenvalue weighted by atomic mass is 32.2. The summed E-state index contributed by atoms with van der Waals surface area (Å²) in [4.78, 5) is 14.3. The molecule has 0 aliphatic carbocycles. The van der Waals surface area contributed by atoms with Crippen LogP contribution in [0, 0.1) is 0 Å². The normalized spacial score (nSPS) is 10.6. The van der Waals surface area contributed by atoms with Gasteiger partial charge in [-0.25, -0.2) is 4.79 Å². The molecule has 1 aromatic rings. The maximum absolute atomic E-state index is 11.6. The molecule has 0 atom stereocenters. The van der Waals surface area contributed by atoms with E-state index in [4.69, 9.17) is 9.47 Å². The molecule has 0 saturated heterocycles. The summed E-state index contributed by atoms with van der Waals surface area (Å²) in [5, 5.41) is 9.47. The Hall–Kier alpha value is -1.24. The van der Waals surface area contributed by atoms with Crippen LogP contribution in [0.25, 0.3) is 0 Å². The molecule has 0 amide bonds.